The van der Waals surface area contributed by atoms with Gasteiger partial charge in [0.1, 0.15) is 6.04 Å². The molecule has 5 nitrogen and oxygen atoms in total. The fraction of sp³-hybridized carbons (Fsp3) is 0.889. The molecule has 0 spiro atoms. The number of rotatable bonds is 1. The predicted octanol–water partition coefficient (Wildman–Crippen LogP) is -0.231. The predicted molar refractivity (Wildman–Crippen MR) is 54.4 cm³/mol. The molecule has 1 aliphatic carbocycles. The van der Waals surface area contributed by atoms with E-state index in [1.807, 2.05) is 0 Å². The fourth-order valence-corrected chi connectivity index (χ4v) is 4.71. The van der Waals surface area contributed by atoms with E-state index in [0.717, 1.165) is 19.3 Å². The lowest BCUT2D eigenvalue weighted by Gasteiger charge is -2.38. The first kappa shape index (κ1) is 10.9. The SMILES string of the molecule is O=C(O)C1CS(=O)(=O)C2CCCCC2N1. The third kappa shape index (κ3) is 2.01. The molecule has 1 saturated carbocycles. The second-order valence-electron chi connectivity index (χ2n) is 4.32. The maximum atomic E-state index is 11.8. The number of carbonyl (C=O) groups is 1. The molecule has 1 saturated heterocycles. The summed E-state index contributed by atoms with van der Waals surface area (Å²) in [7, 11) is -3.22. The van der Waals surface area contributed by atoms with Gasteiger partial charge in [-0.15, -0.1) is 0 Å². The zero-order valence-electron chi connectivity index (χ0n) is 8.35. The standard InChI is InChI=1S/C9H15NO4S/c11-9(12)7-5-15(13,14)8-4-2-1-3-6(8)10-7/h6-8,10H,1-5H2,(H,11,12). The normalized spacial score (nSPS) is 39.3. The van der Waals surface area contributed by atoms with E-state index in [2.05, 4.69) is 5.32 Å². The highest BCUT2D eigenvalue weighted by Crippen LogP contribution is 2.28. The molecule has 3 atom stereocenters. The van der Waals surface area contributed by atoms with E-state index >= 15 is 0 Å². The quantitative estimate of drug-likeness (QED) is 0.653. The van der Waals surface area contributed by atoms with E-state index in [9.17, 15) is 13.2 Å². The van der Waals surface area contributed by atoms with E-state index in [4.69, 9.17) is 5.11 Å². The smallest absolute Gasteiger partial charge is 0.321 e. The van der Waals surface area contributed by atoms with Crippen molar-refractivity contribution in [3.05, 3.63) is 0 Å². The third-order valence-corrected chi connectivity index (χ3v) is 5.56. The first-order chi connectivity index (χ1) is 7.00. The average Bonchev–Trinajstić information content (AvgIpc) is 2.16. The fourth-order valence-electron chi connectivity index (χ4n) is 2.52. The lowest BCUT2D eigenvalue weighted by atomic mass is 9.94. The first-order valence-corrected chi connectivity index (χ1v) is 6.92. The maximum Gasteiger partial charge on any atom is 0.321 e. The van der Waals surface area contributed by atoms with Gasteiger partial charge in [-0.2, -0.15) is 0 Å². The highest BCUT2D eigenvalue weighted by Gasteiger charge is 2.44. The summed E-state index contributed by atoms with van der Waals surface area (Å²) in [6.07, 6.45) is 3.36. The van der Waals surface area contributed by atoms with Crippen LogP contribution >= 0.6 is 0 Å². The number of sulfone groups is 1. The van der Waals surface area contributed by atoms with Gasteiger partial charge in [0.05, 0.1) is 11.0 Å². The van der Waals surface area contributed by atoms with Crippen molar-refractivity contribution in [2.24, 2.45) is 0 Å². The summed E-state index contributed by atoms with van der Waals surface area (Å²) in [6.45, 7) is 0. The van der Waals surface area contributed by atoms with Gasteiger partial charge in [0, 0.05) is 6.04 Å². The number of hydrogen-bond acceptors (Lipinski definition) is 4. The Bertz CT molecular complexity index is 364. The van der Waals surface area contributed by atoms with Gasteiger partial charge in [0.2, 0.25) is 0 Å². The molecule has 0 radical (unpaired) electrons. The Kier molecular flexibility index (Phi) is 2.72. The summed E-state index contributed by atoms with van der Waals surface area (Å²) in [5, 5.41) is 11.4. The van der Waals surface area contributed by atoms with Gasteiger partial charge >= 0.3 is 5.97 Å². The van der Waals surface area contributed by atoms with Crippen LogP contribution in [0.1, 0.15) is 25.7 Å². The Hall–Kier alpha value is -0.620. The van der Waals surface area contributed by atoms with E-state index in [1.165, 1.54) is 0 Å². The molecule has 0 amide bonds. The highest BCUT2D eigenvalue weighted by atomic mass is 32.2. The minimum absolute atomic E-state index is 0.154. The molecule has 0 aromatic carbocycles. The van der Waals surface area contributed by atoms with Crippen molar-refractivity contribution in [3.8, 4) is 0 Å². The molecular weight excluding hydrogens is 218 g/mol. The van der Waals surface area contributed by atoms with Gasteiger partial charge in [0.15, 0.2) is 9.84 Å². The summed E-state index contributed by atoms with van der Waals surface area (Å²) < 4.78 is 23.7. The Balaban J connectivity index is 2.22. The minimum atomic E-state index is -3.22. The Morgan fingerprint density at radius 3 is 2.60 bits per heavy atom. The van der Waals surface area contributed by atoms with Crippen molar-refractivity contribution in [2.45, 2.75) is 43.0 Å². The van der Waals surface area contributed by atoms with Crippen LogP contribution < -0.4 is 5.32 Å². The lowest BCUT2D eigenvalue weighted by Crippen LogP contribution is -2.60. The topological polar surface area (TPSA) is 83.5 Å². The number of carboxylic acid groups (broad SMARTS) is 1. The Morgan fingerprint density at radius 1 is 1.27 bits per heavy atom. The second kappa shape index (κ2) is 3.75. The number of carboxylic acids is 1. The molecule has 1 heterocycles. The molecule has 0 bridgehead atoms. The van der Waals surface area contributed by atoms with Crippen LogP contribution in [0.2, 0.25) is 0 Å². The van der Waals surface area contributed by atoms with Crippen molar-refractivity contribution < 1.29 is 18.3 Å². The van der Waals surface area contributed by atoms with Gasteiger partial charge in [-0.25, -0.2) is 8.42 Å². The monoisotopic (exact) mass is 233 g/mol. The van der Waals surface area contributed by atoms with E-state index in [0.29, 0.717) is 6.42 Å². The molecule has 6 heteroatoms. The van der Waals surface area contributed by atoms with Gasteiger partial charge < -0.3 is 5.11 Å². The van der Waals surface area contributed by atoms with Crippen LogP contribution in [0.5, 0.6) is 0 Å². The zero-order valence-corrected chi connectivity index (χ0v) is 9.16. The molecule has 0 aromatic rings. The summed E-state index contributed by atoms with van der Waals surface area (Å²) >= 11 is 0. The Labute approximate surface area is 88.8 Å². The molecule has 2 fully saturated rings. The summed E-state index contributed by atoms with van der Waals surface area (Å²) in [5.41, 5.74) is 0. The summed E-state index contributed by atoms with van der Waals surface area (Å²) in [6, 6.07) is -1.08. The minimum Gasteiger partial charge on any atom is -0.480 e. The third-order valence-electron chi connectivity index (χ3n) is 3.28. The van der Waals surface area contributed by atoms with Crippen molar-refractivity contribution in [2.75, 3.05) is 5.75 Å². The molecule has 2 aliphatic rings. The largest absolute Gasteiger partial charge is 0.480 e. The molecule has 2 N–H and O–H groups in total. The molecule has 2 rings (SSSR count). The van der Waals surface area contributed by atoms with Crippen molar-refractivity contribution >= 4 is 15.8 Å². The lowest BCUT2D eigenvalue weighted by molar-refractivity contribution is -0.139. The van der Waals surface area contributed by atoms with Crippen LogP contribution in [0.15, 0.2) is 0 Å². The molecule has 0 aromatic heterocycles. The maximum absolute atomic E-state index is 11.8. The van der Waals surface area contributed by atoms with Crippen molar-refractivity contribution in [3.63, 3.8) is 0 Å². The van der Waals surface area contributed by atoms with Crippen LogP contribution in [0.25, 0.3) is 0 Å². The summed E-state index contributed by atoms with van der Waals surface area (Å²) in [4.78, 5) is 10.8. The number of nitrogens with one attached hydrogen (secondary N) is 1. The van der Waals surface area contributed by atoms with E-state index < -0.39 is 21.8 Å². The van der Waals surface area contributed by atoms with Crippen molar-refractivity contribution in [1.29, 1.82) is 0 Å². The molecule has 86 valence electrons. The summed E-state index contributed by atoms with van der Waals surface area (Å²) in [5.74, 6) is -1.33. The van der Waals surface area contributed by atoms with Gasteiger partial charge in [-0.3, -0.25) is 10.1 Å². The highest BCUT2D eigenvalue weighted by molar-refractivity contribution is 7.92. The van der Waals surface area contributed by atoms with Crippen LogP contribution in [-0.4, -0.2) is 42.6 Å². The number of fused-ring (bicyclic) bond motifs is 1. The number of hydrogen-bond donors (Lipinski definition) is 2. The van der Waals surface area contributed by atoms with E-state index in [1.54, 1.807) is 0 Å². The molecular formula is C9H15NO4S. The van der Waals surface area contributed by atoms with E-state index in [-0.39, 0.29) is 17.0 Å². The van der Waals surface area contributed by atoms with Gasteiger partial charge in [-0.1, -0.05) is 12.8 Å². The van der Waals surface area contributed by atoms with Crippen LogP contribution in [0.4, 0.5) is 0 Å². The molecule has 1 aliphatic heterocycles. The zero-order chi connectivity index (χ0) is 11.1. The van der Waals surface area contributed by atoms with Gasteiger partial charge in [0.25, 0.3) is 0 Å². The molecule has 3 unspecified atom stereocenters. The Morgan fingerprint density at radius 2 is 1.93 bits per heavy atom. The van der Waals surface area contributed by atoms with Crippen molar-refractivity contribution in [1.82, 2.24) is 5.32 Å². The van der Waals surface area contributed by atoms with Gasteiger partial charge in [-0.05, 0) is 12.8 Å². The first-order valence-electron chi connectivity index (χ1n) is 5.21. The second-order valence-corrected chi connectivity index (χ2v) is 6.58. The number of aliphatic carboxylic acids is 1. The average molecular weight is 233 g/mol. The van der Waals surface area contributed by atoms with Crippen LogP contribution in [0.3, 0.4) is 0 Å². The molecule has 15 heavy (non-hydrogen) atoms. The van der Waals surface area contributed by atoms with Crippen LogP contribution in [-0.2, 0) is 14.6 Å². The van der Waals surface area contributed by atoms with Crippen LogP contribution in [0, 0.1) is 0 Å².